The number of thioether (sulfide) groups is 1. The number of ether oxygens (including phenoxy) is 1. The zero-order valence-electron chi connectivity index (χ0n) is 14.7. The van der Waals surface area contributed by atoms with Gasteiger partial charge in [-0.1, -0.05) is 60.5 Å². The zero-order valence-corrected chi connectivity index (χ0v) is 17.1. The molecule has 2 aromatic rings. The normalized spacial score (nSPS) is 19.1. The Morgan fingerprint density at radius 3 is 2.44 bits per heavy atom. The molecule has 0 aromatic heterocycles. The summed E-state index contributed by atoms with van der Waals surface area (Å²) >= 11 is 14.1. The maximum absolute atomic E-state index is 13.3. The van der Waals surface area contributed by atoms with E-state index < -0.39 is 12.0 Å². The molecular weight excluding hydrogens is 405 g/mol. The van der Waals surface area contributed by atoms with E-state index in [1.807, 2.05) is 25.1 Å². The molecule has 7 heteroatoms. The second-order valence-corrected chi connectivity index (χ2v) is 8.01. The van der Waals surface area contributed by atoms with Crippen molar-refractivity contribution >= 4 is 46.8 Å². The van der Waals surface area contributed by atoms with Crippen molar-refractivity contribution in [1.82, 2.24) is 4.90 Å². The summed E-state index contributed by atoms with van der Waals surface area (Å²) in [4.78, 5) is 27.5. The lowest BCUT2D eigenvalue weighted by molar-refractivity contribution is -0.148. The van der Waals surface area contributed by atoms with Crippen molar-refractivity contribution in [3.63, 3.8) is 0 Å². The van der Waals surface area contributed by atoms with Crippen molar-refractivity contribution in [2.75, 3.05) is 12.4 Å². The molecule has 1 saturated heterocycles. The number of esters is 1. The molecule has 0 radical (unpaired) electrons. The molecule has 4 nitrogen and oxygen atoms in total. The summed E-state index contributed by atoms with van der Waals surface area (Å²) in [6, 6.07) is 13.5. The van der Waals surface area contributed by atoms with Crippen LogP contribution >= 0.6 is 35.0 Å². The van der Waals surface area contributed by atoms with Gasteiger partial charge in [0.2, 0.25) is 0 Å². The third-order valence-electron chi connectivity index (χ3n) is 4.23. The van der Waals surface area contributed by atoms with Gasteiger partial charge in [0.1, 0.15) is 11.4 Å². The number of hydrogen-bond donors (Lipinski definition) is 0. The molecule has 3 rings (SSSR count). The molecule has 0 saturated carbocycles. The Morgan fingerprint density at radius 2 is 1.78 bits per heavy atom. The molecule has 27 heavy (non-hydrogen) atoms. The topological polar surface area (TPSA) is 46.6 Å². The first-order valence-electron chi connectivity index (χ1n) is 8.64. The number of amides is 1. The van der Waals surface area contributed by atoms with E-state index in [-0.39, 0.29) is 11.3 Å². The van der Waals surface area contributed by atoms with E-state index in [1.165, 1.54) is 11.8 Å². The van der Waals surface area contributed by atoms with Crippen LogP contribution in [0.1, 0.15) is 34.6 Å². The number of carbonyl (C=O) groups is 2. The van der Waals surface area contributed by atoms with Gasteiger partial charge in [-0.3, -0.25) is 4.79 Å². The second-order valence-electron chi connectivity index (χ2n) is 6.08. The number of carbonyl (C=O) groups excluding carboxylic acids is 2. The fraction of sp³-hybridized carbons (Fsp3) is 0.300. The van der Waals surface area contributed by atoms with Gasteiger partial charge in [0.25, 0.3) is 5.91 Å². The molecule has 142 valence electrons. The Balaban J connectivity index is 1.99. The standard InChI is InChI=1S/C20H19Cl2NO3S/c1-2-11-26-20(25)17-12-27-19(14-8-4-6-10-16(14)22)23(17)18(24)13-7-3-5-9-15(13)21/h3-10,17,19H,2,11-12H2,1H3. The fourth-order valence-corrected chi connectivity index (χ4v) is 4.89. The minimum absolute atomic E-state index is 0.311. The number of hydrogen-bond acceptors (Lipinski definition) is 4. The van der Waals surface area contributed by atoms with Crippen LogP contribution in [0.25, 0.3) is 0 Å². The highest BCUT2D eigenvalue weighted by Gasteiger charge is 2.44. The Kier molecular flexibility index (Phi) is 6.68. The SMILES string of the molecule is CCCOC(=O)C1CSC(c2ccccc2Cl)N1C(=O)c1ccccc1Cl. The van der Waals surface area contributed by atoms with E-state index in [0.717, 1.165) is 12.0 Å². The molecule has 1 amide bonds. The van der Waals surface area contributed by atoms with Crippen molar-refractivity contribution in [3.05, 3.63) is 69.7 Å². The van der Waals surface area contributed by atoms with Gasteiger partial charge >= 0.3 is 5.97 Å². The molecule has 1 aliphatic rings. The van der Waals surface area contributed by atoms with Gasteiger partial charge in [-0.2, -0.15) is 0 Å². The molecule has 0 bridgehead atoms. The van der Waals surface area contributed by atoms with Crippen molar-refractivity contribution in [2.45, 2.75) is 24.8 Å². The van der Waals surface area contributed by atoms with E-state index in [0.29, 0.717) is 28.0 Å². The Hall–Kier alpha value is -1.69. The first-order chi connectivity index (χ1) is 13.0. The number of halogens is 2. The lowest BCUT2D eigenvalue weighted by atomic mass is 10.1. The minimum atomic E-state index is -0.688. The monoisotopic (exact) mass is 423 g/mol. The predicted octanol–water partition coefficient (Wildman–Crippen LogP) is 5.20. The zero-order chi connectivity index (χ0) is 19.4. The fourth-order valence-electron chi connectivity index (χ4n) is 2.92. The molecule has 0 spiro atoms. The smallest absolute Gasteiger partial charge is 0.329 e. The van der Waals surface area contributed by atoms with Crippen LogP contribution in [0.4, 0.5) is 0 Å². The van der Waals surface area contributed by atoms with Crippen molar-refractivity contribution in [1.29, 1.82) is 0 Å². The van der Waals surface area contributed by atoms with Crippen molar-refractivity contribution < 1.29 is 14.3 Å². The number of benzene rings is 2. The van der Waals surface area contributed by atoms with Gasteiger partial charge in [0.05, 0.1) is 17.2 Å². The Morgan fingerprint density at radius 1 is 1.11 bits per heavy atom. The van der Waals surface area contributed by atoms with Gasteiger partial charge in [-0.05, 0) is 24.6 Å². The van der Waals surface area contributed by atoms with Crippen LogP contribution in [0.15, 0.2) is 48.5 Å². The van der Waals surface area contributed by atoms with E-state index >= 15 is 0 Å². The molecule has 2 unspecified atom stereocenters. The molecule has 2 atom stereocenters. The van der Waals surface area contributed by atoms with Crippen molar-refractivity contribution in [2.24, 2.45) is 0 Å². The maximum Gasteiger partial charge on any atom is 0.329 e. The van der Waals surface area contributed by atoms with Gasteiger partial charge in [0.15, 0.2) is 0 Å². The molecular formula is C20H19Cl2NO3S. The molecule has 0 aliphatic carbocycles. The van der Waals surface area contributed by atoms with Crippen LogP contribution in [0, 0.1) is 0 Å². The van der Waals surface area contributed by atoms with Crippen LogP contribution in [0.2, 0.25) is 10.0 Å². The first kappa shape index (κ1) is 20.1. The highest BCUT2D eigenvalue weighted by atomic mass is 35.5. The lowest BCUT2D eigenvalue weighted by Gasteiger charge is -2.29. The maximum atomic E-state index is 13.3. The van der Waals surface area contributed by atoms with Gasteiger partial charge < -0.3 is 9.64 Å². The summed E-state index contributed by atoms with van der Waals surface area (Å²) in [5.74, 6) is -0.275. The van der Waals surface area contributed by atoms with Gasteiger partial charge in [-0.15, -0.1) is 11.8 Å². The number of nitrogens with zero attached hydrogens (tertiary/aromatic N) is 1. The summed E-state index contributed by atoms with van der Waals surface area (Å²) in [6.07, 6.45) is 0.720. The lowest BCUT2D eigenvalue weighted by Crippen LogP contribution is -2.44. The predicted molar refractivity (Wildman–Crippen MR) is 109 cm³/mol. The Bertz CT molecular complexity index is 845. The van der Waals surface area contributed by atoms with E-state index in [4.69, 9.17) is 27.9 Å². The Labute approximate surface area is 172 Å². The van der Waals surface area contributed by atoms with Crippen LogP contribution < -0.4 is 0 Å². The summed E-state index contributed by atoms with van der Waals surface area (Å²) in [5.41, 5.74) is 1.14. The number of rotatable bonds is 5. The summed E-state index contributed by atoms with van der Waals surface area (Å²) in [5, 5.41) is 0.508. The minimum Gasteiger partial charge on any atom is -0.464 e. The van der Waals surface area contributed by atoms with E-state index in [2.05, 4.69) is 0 Å². The van der Waals surface area contributed by atoms with Crippen LogP contribution in [0.5, 0.6) is 0 Å². The van der Waals surface area contributed by atoms with E-state index in [1.54, 1.807) is 35.2 Å². The van der Waals surface area contributed by atoms with Gasteiger partial charge in [0, 0.05) is 16.3 Å². The molecule has 1 fully saturated rings. The summed E-state index contributed by atoms with van der Waals surface area (Å²) in [6.45, 7) is 2.25. The van der Waals surface area contributed by atoms with Crippen LogP contribution in [-0.4, -0.2) is 35.2 Å². The van der Waals surface area contributed by atoms with Gasteiger partial charge in [-0.25, -0.2) is 4.79 Å². The summed E-state index contributed by atoms with van der Waals surface area (Å²) in [7, 11) is 0. The highest BCUT2D eigenvalue weighted by molar-refractivity contribution is 7.99. The molecule has 2 aromatic carbocycles. The largest absolute Gasteiger partial charge is 0.464 e. The first-order valence-corrected chi connectivity index (χ1v) is 10.4. The average Bonchev–Trinajstić information content (AvgIpc) is 3.11. The van der Waals surface area contributed by atoms with E-state index in [9.17, 15) is 9.59 Å². The second kappa shape index (κ2) is 9.00. The molecule has 1 aliphatic heterocycles. The van der Waals surface area contributed by atoms with Crippen LogP contribution in [-0.2, 0) is 9.53 Å². The average molecular weight is 424 g/mol. The third kappa shape index (κ3) is 4.26. The molecule has 1 heterocycles. The quantitative estimate of drug-likeness (QED) is 0.619. The molecule has 0 N–H and O–H groups in total. The highest BCUT2D eigenvalue weighted by Crippen LogP contribution is 2.45. The van der Waals surface area contributed by atoms with Crippen molar-refractivity contribution in [3.8, 4) is 0 Å². The third-order valence-corrected chi connectivity index (χ3v) is 6.21. The van der Waals surface area contributed by atoms with Crippen LogP contribution in [0.3, 0.4) is 0 Å². The summed E-state index contributed by atoms with van der Waals surface area (Å²) < 4.78 is 5.32.